The summed E-state index contributed by atoms with van der Waals surface area (Å²) in [6.07, 6.45) is 0.529. The Labute approximate surface area is 172 Å². The summed E-state index contributed by atoms with van der Waals surface area (Å²) in [6, 6.07) is 9.92. The van der Waals surface area contributed by atoms with E-state index in [4.69, 9.17) is 16.0 Å². The second kappa shape index (κ2) is 8.48. The highest BCUT2D eigenvalue weighted by molar-refractivity contribution is 6.45. The molecule has 0 radical (unpaired) electrons. The maximum Gasteiger partial charge on any atom is 0.334 e. The number of hydrogen-bond donors (Lipinski definition) is 0. The summed E-state index contributed by atoms with van der Waals surface area (Å²) in [6.45, 7) is 1.58. The number of rotatable bonds is 7. The maximum absolute atomic E-state index is 12.5. The van der Waals surface area contributed by atoms with Crippen LogP contribution in [0.4, 0.5) is 4.79 Å². The van der Waals surface area contributed by atoms with Gasteiger partial charge in [-0.3, -0.25) is 19.3 Å². The fourth-order valence-corrected chi connectivity index (χ4v) is 3.05. The van der Waals surface area contributed by atoms with Crippen LogP contribution in [-0.2, 0) is 20.9 Å². The second-order valence-corrected chi connectivity index (χ2v) is 7.09. The summed E-state index contributed by atoms with van der Waals surface area (Å²) in [4.78, 5) is 51.5. The predicted octanol–water partition coefficient (Wildman–Crippen LogP) is 2.76. The van der Waals surface area contributed by atoms with Gasteiger partial charge in [-0.05, 0) is 42.8 Å². The van der Waals surface area contributed by atoms with Crippen molar-refractivity contribution in [3.63, 3.8) is 0 Å². The van der Waals surface area contributed by atoms with Crippen LogP contribution in [0.25, 0.3) is 11.3 Å². The molecular weight excluding hydrogens is 398 g/mol. The number of amides is 5. The first kappa shape index (κ1) is 20.6. The van der Waals surface area contributed by atoms with E-state index in [-0.39, 0.29) is 13.1 Å². The Morgan fingerprint density at radius 3 is 2.34 bits per heavy atom. The number of likely N-dealkylation sites (N-methyl/N-ethyl adjacent to an activating group) is 1. The van der Waals surface area contributed by atoms with Gasteiger partial charge < -0.3 is 9.32 Å². The Hall–Kier alpha value is -3.13. The zero-order chi connectivity index (χ0) is 21.1. The molecule has 3 rings (SSSR count). The zero-order valence-electron chi connectivity index (χ0n) is 16.1. The highest BCUT2D eigenvalue weighted by atomic mass is 35.5. The Morgan fingerprint density at radius 2 is 1.69 bits per heavy atom. The summed E-state index contributed by atoms with van der Waals surface area (Å²) in [5.41, 5.74) is 0.845. The van der Waals surface area contributed by atoms with Gasteiger partial charge in [0.05, 0.1) is 6.54 Å². The summed E-state index contributed by atoms with van der Waals surface area (Å²) in [5, 5.41) is 0.618. The van der Waals surface area contributed by atoms with Gasteiger partial charge >= 0.3 is 17.8 Å². The van der Waals surface area contributed by atoms with Gasteiger partial charge in [0.2, 0.25) is 5.91 Å². The molecule has 1 aliphatic rings. The summed E-state index contributed by atoms with van der Waals surface area (Å²) in [5.74, 6) is -1.20. The van der Waals surface area contributed by atoms with E-state index in [9.17, 15) is 19.2 Å². The number of halogens is 1. The molecule has 0 bridgehead atoms. The topological polar surface area (TPSA) is 91.1 Å². The van der Waals surface area contributed by atoms with Crippen molar-refractivity contribution in [3.05, 3.63) is 47.2 Å². The van der Waals surface area contributed by atoms with Crippen LogP contribution in [0.3, 0.4) is 0 Å². The third kappa shape index (κ3) is 4.32. The number of furan rings is 1. The Kier molecular flexibility index (Phi) is 6.03. The molecule has 0 unspecified atom stereocenters. The van der Waals surface area contributed by atoms with Gasteiger partial charge in [-0.1, -0.05) is 18.5 Å². The van der Waals surface area contributed by atoms with Gasteiger partial charge in [-0.15, -0.1) is 0 Å². The number of hydrogen-bond acceptors (Lipinski definition) is 5. The van der Waals surface area contributed by atoms with Crippen molar-refractivity contribution in [2.75, 3.05) is 20.1 Å². The van der Waals surface area contributed by atoms with Crippen LogP contribution in [0.2, 0.25) is 5.02 Å². The normalized spacial score (nSPS) is 14.1. The average Bonchev–Trinajstić information content (AvgIpc) is 3.23. The number of imide groups is 2. The molecule has 1 aliphatic heterocycles. The molecule has 0 aliphatic carbocycles. The first-order chi connectivity index (χ1) is 13.8. The summed E-state index contributed by atoms with van der Waals surface area (Å²) >= 11 is 5.88. The van der Waals surface area contributed by atoms with Crippen LogP contribution < -0.4 is 0 Å². The van der Waals surface area contributed by atoms with Crippen molar-refractivity contribution in [2.45, 2.75) is 19.9 Å². The Morgan fingerprint density at radius 1 is 1.03 bits per heavy atom. The van der Waals surface area contributed by atoms with Gasteiger partial charge in [0, 0.05) is 24.2 Å². The van der Waals surface area contributed by atoms with Crippen LogP contribution in [-0.4, -0.2) is 58.6 Å². The molecular formula is C20H20ClN3O5. The van der Waals surface area contributed by atoms with Crippen molar-refractivity contribution in [3.8, 4) is 11.3 Å². The number of carbonyl (C=O) groups is 4. The third-order valence-electron chi connectivity index (χ3n) is 4.48. The Balaban J connectivity index is 1.63. The van der Waals surface area contributed by atoms with Gasteiger partial charge in [0.1, 0.15) is 18.1 Å². The molecule has 0 atom stereocenters. The van der Waals surface area contributed by atoms with E-state index in [1.54, 1.807) is 31.2 Å². The van der Waals surface area contributed by atoms with Crippen molar-refractivity contribution in [2.24, 2.45) is 0 Å². The highest BCUT2D eigenvalue weighted by Gasteiger charge is 2.44. The monoisotopic (exact) mass is 417 g/mol. The largest absolute Gasteiger partial charge is 0.459 e. The van der Waals surface area contributed by atoms with Gasteiger partial charge in [0.25, 0.3) is 0 Å². The lowest BCUT2D eigenvalue weighted by molar-refractivity contribution is -0.144. The van der Waals surface area contributed by atoms with E-state index < -0.39 is 30.3 Å². The van der Waals surface area contributed by atoms with Crippen LogP contribution in [0, 0.1) is 0 Å². The quantitative estimate of drug-likeness (QED) is 0.510. The zero-order valence-corrected chi connectivity index (χ0v) is 16.8. The molecule has 2 heterocycles. The number of benzene rings is 1. The average molecular weight is 418 g/mol. The van der Waals surface area contributed by atoms with E-state index in [1.165, 1.54) is 11.9 Å². The molecule has 0 N–H and O–H groups in total. The fourth-order valence-electron chi connectivity index (χ4n) is 2.92. The minimum Gasteiger partial charge on any atom is -0.459 e. The lowest BCUT2D eigenvalue weighted by Crippen LogP contribution is -2.42. The molecule has 29 heavy (non-hydrogen) atoms. The van der Waals surface area contributed by atoms with Crippen LogP contribution in [0.1, 0.15) is 19.1 Å². The minimum absolute atomic E-state index is 0.143. The van der Waals surface area contributed by atoms with Crippen LogP contribution >= 0.6 is 11.6 Å². The van der Waals surface area contributed by atoms with Crippen LogP contribution in [0.15, 0.2) is 40.8 Å². The molecule has 152 valence electrons. The molecule has 1 aromatic heterocycles. The number of nitrogens with zero attached hydrogens (tertiary/aromatic N) is 3. The molecule has 0 saturated carbocycles. The van der Waals surface area contributed by atoms with E-state index in [2.05, 4.69) is 0 Å². The van der Waals surface area contributed by atoms with Gasteiger partial charge in [-0.25, -0.2) is 9.69 Å². The number of urea groups is 1. The standard InChI is InChI=1S/C20H20ClN3O5/c1-3-10-23-18(26)19(27)24(20(23)28)12-17(25)22(2)11-15-8-9-16(29-15)13-4-6-14(21)7-5-13/h4-9H,3,10-12H2,1-2H3. The molecule has 5 amide bonds. The third-order valence-corrected chi connectivity index (χ3v) is 4.74. The summed E-state index contributed by atoms with van der Waals surface area (Å²) < 4.78 is 5.76. The van der Waals surface area contributed by atoms with E-state index in [0.717, 1.165) is 10.5 Å². The molecule has 0 spiro atoms. The molecule has 1 saturated heterocycles. The van der Waals surface area contributed by atoms with E-state index in [1.807, 2.05) is 12.1 Å². The van der Waals surface area contributed by atoms with E-state index >= 15 is 0 Å². The molecule has 8 nitrogen and oxygen atoms in total. The smallest absolute Gasteiger partial charge is 0.334 e. The fraction of sp³-hybridized carbons (Fsp3) is 0.300. The van der Waals surface area contributed by atoms with Crippen LogP contribution in [0.5, 0.6) is 0 Å². The lowest BCUT2D eigenvalue weighted by atomic mass is 10.2. The predicted molar refractivity (Wildman–Crippen MR) is 105 cm³/mol. The minimum atomic E-state index is -0.978. The SMILES string of the molecule is CCCN1C(=O)C(=O)N(CC(=O)N(C)Cc2ccc(-c3ccc(Cl)cc3)o2)C1=O. The lowest BCUT2D eigenvalue weighted by Gasteiger charge is -2.19. The van der Waals surface area contributed by atoms with E-state index in [0.29, 0.717) is 27.9 Å². The maximum atomic E-state index is 12.5. The first-order valence-corrected chi connectivity index (χ1v) is 9.45. The highest BCUT2D eigenvalue weighted by Crippen LogP contribution is 2.24. The van der Waals surface area contributed by atoms with Gasteiger partial charge in [-0.2, -0.15) is 0 Å². The molecule has 1 fully saturated rings. The number of carbonyl (C=O) groups excluding carboxylic acids is 4. The second-order valence-electron chi connectivity index (χ2n) is 6.65. The molecule has 9 heteroatoms. The Bertz CT molecular complexity index is 953. The van der Waals surface area contributed by atoms with Crippen molar-refractivity contribution in [1.82, 2.24) is 14.7 Å². The van der Waals surface area contributed by atoms with Crippen molar-refractivity contribution < 1.29 is 23.6 Å². The molecule has 2 aromatic rings. The van der Waals surface area contributed by atoms with Gasteiger partial charge in [0.15, 0.2) is 0 Å². The van der Waals surface area contributed by atoms with Crippen molar-refractivity contribution in [1.29, 1.82) is 0 Å². The first-order valence-electron chi connectivity index (χ1n) is 9.07. The summed E-state index contributed by atoms with van der Waals surface area (Å²) in [7, 11) is 1.53. The molecule has 1 aromatic carbocycles. The van der Waals surface area contributed by atoms with Crippen molar-refractivity contribution >= 4 is 35.4 Å².